The molecule has 0 aromatic heterocycles. The Morgan fingerprint density at radius 1 is 1.30 bits per heavy atom. The number of ketones is 1. The van der Waals surface area contributed by atoms with Gasteiger partial charge >= 0.3 is 5.97 Å². The summed E-state index contributed by atoms with van der Waals surface area (Å²) in [6.45, 7) is 7.76. The van der Waals surface area contributed by atoms with Crippen LogP contribution >= 0.6 is 0 Å². The van der Waals surface area contributed by atoms with Crippen molar-refractivity contribution in [2.45, 2.75) is 46.1 Å². The van der Waals surface area contributed by atoms with Crippen molar-refractivity contribution in [2.24, 2.45) is 10.7 Å². The van der Waals surface area contributed by atoms with E-state index in [1.54, 1.807) is 6.92 Å². The zero-order valence-corrected chi connectivity index (χ0v) is 14.4. The van der Waals surface area contributed by atoms with Crippen LogP contribution in [0.3, 0.4) is 0 Å². The van der Waals surface area contributed by atoms with Crippen molar-refractivity contribution in [1.82, 2.24) is 10.4 Å². The molecule has 0 amide bonds. The predicted octanol–water partition coefficient (Wildman–Crippen LogP) is 0.335. The number of Topliss-reactive ketones (excluding diaryl/α,β-unsaturated/α-hetero) is 1. The Morgan fingerprint density at radius 2 is 1.96 bits per heavy atom. The fourth-order valence-corrected chi connectivity index (χ4v) is 1.88. The number of hydrogen-bond donors (Lipinski definition) is 3. The molecule has 0 fully saturated rings. The van der Waals surface area contributed by atoms with Crippen molar-refractivity contribution in [3.05, 3.63) is 0 Å². The van der Waals surface area contributed by atoms with Crippen LogP contribution in [0.15, 0.2) is 4.99 Å². The van der Waals surface area contributed by atoms with Gasteiger partial charge in [0, 0.05) is 6.54 Å². The maximum Gasteiger partial charge on any atom is 0.323 e. The second kappa shape index (κ2) is 13.0. The van der Waals surface area contributed by atoms with Gasteiger partial charge in [-0.2, -0.15) is 0 Å². The van der Waals surface area contributed by atoms with Gasteiger partial charge in [-0.05, 0) is 39.3 Å². The summed E-state index contributed by atoms with van der Waals surface area (Å²) < 4.78 is 4.96. The average molecular weight is 330 g/mol. The molecule has 0 heterocycles. The highest BCUT2D eigenvalue weighted by Crippen LogP contribution is 2.02. The summed E-state index contributed by atoms with van der Waals surface area (Å²) in [5, 5.41) is 8.55. The number of carbonyl (C=O) groups is 2. The SMILES string of the molecule is CCN(CC)CC(=O)COC(=O)[C@@H](N)CCCCN=C(C)NO. The molecule has 0 unspecified atom stereocenters. The molecule has 0 aliphatic rings. The molecule has 0 rings (SSSR count). The molecule has 0 spiro atoms. The number of hydrogen-bond acceptors (Lipinski definition) is 7. The molecular formula is C15H30N4O4. The van der Waals surface area contributed by atoms with Gasteiger partial charge in [0.05, 0.1) is 6.54 Å². The van der Waals surface area contributed by atoms with E-state index in [0.29, 0.717) is 25.2 Å². The maximum absolute atomic E-state index is 11.7. The van der Waals surface area contributed by atoms with E-state index in [4.69, 9.17) is 15.7 Å². The van der Waals surface area contributed by atoms with Crippen LogP contribution in [0.25, 0.3) is 0 Å². The van der Waals surface area contributed by atoms with Gasteiger partial charge in [-0.3, -0.25) is 30.2 Å². The molecule has 0 radical (unpaired) electrons. The molecule has 0 bridgehead atoms. The molecule has 134 valence electrons. The van der Waals surface area contributed by atoms with E-state index in [9.17, 15) is 9.59 Å². The number of esters is 1. The molecule has 0 aliphatic carbocycles. The van der Waals surface area contributed by atoms with Gasteiger partial charge in [0.25, 0.3) is 0 Å². The minimum absolute atomic E-state index is 0.129. The number of nitrogens with two attached hydrogens (primary N) is 1. The van der Waals surface area contributed by atoms with Gasteiger partial charge in [0.15, 0.2) is 12.4 Å². The Hall–Kier alpha value is -1.51. The first-order chi connectivity index (χ1) is 10.9. The molecular weight excluding hydrogens is 300 g/mol. The van der Waals surface area contributed by atoms with Gasteiger partial charge in [0.2, 0.25) is 0 Å². The van der Waals surface area contributed by atoms with Crippen LogP contribution in [0.2, 0.25) is 0 Å². The number of hydroxylamine groups is 1. The Balaban J connectivity index is 3.87. The van der Waals surface area contributed by atoms with E-state index in [1.165, 1.54) is 0 Å². The summed E-state index contributed by atoms with van der Waals surface area (Å²) in [6.07, 6.45) is 1.94. The Labute approximate surface area is 138 Å². The lowest BCUT2D eigenvalue weighted by Crippen LogP contribution is -2.36. The molecule has 0 aromatic carbocycles. The fraction of sp³-hybridized carbons (Fsp3) is 0.800. The lowest BCUT2D eigenvalue weighted by molar-refractivity contribution is -0.149. The lowest BCUT2D eigenvalue weighted by atomic mass is 10.1. The van der Waals surface area contributed by atoms with Crippen LogP contribution in [-0.2, 0) is 14.3 Å². The van der Waals surface area contributed by atoms with Crippen LogP contribution in [0, 0.1) is 0 Å². The van der Waals surface area contributed by atoms with E-state index in [-0.39, 0.29) is 18.9 Å². The van der Waals surface area contributed by atoms with Crippen LogP contribution in [0.4, 0.5) is 0 Å². The molecule has 8 nitrogen and oxygen atoms in total. The fourth-order valence-electron chi connectivity index (χ4n) is 1.88. The summed E-state index contributed by atoms with van der Waals surface area (Å²) >= 11 is 0. The normalized spacial score (nSPS) is 13.0. The summed E-state index contributed by atoms with van der Waals surface area (Å²) in [7, 11) is 0. The van der Waals surface area contributed by atoms with Gasteiger partial charge in [-0.1, -0.05) is 13.8 Å². The molecule has 0 aromatic rings. The number of ether oxygens (including phenoxy) is 1. The number of nitrogens with zero attached hydrogens (tertiary/aromatic N) is 2. The Kier molecular flexibility index (Phi) is 12.1. The minimum atomic E-state index is -0.725. The average Bonchev–Trinajstić information content (AvgIpc) is 2.56. The highest BCUT2D eigenvalue weighted by atomic mass is 16.5. The summed E-state index contributed by atoms with van der Waals surface area (Å²) in [4.78, 5) is 29.4. The quantitative estimate of drug-likeness (QED) is 0.155. The van der Waals surface area contributed by atoms with Crippen LogP contribution < -0.4 is 11.2 Å². The summed E-state index contributed by atoms with van der Waals surface area (Å²) in [5.41, 5.74) is 7.69. The maximum atomic E-state index is 11.7. The highest BCUT2D eigenvalue weighted by Gasteiger charge is 2.16. The number of unbranched alkanes of at least 4 members (excludes halogenated alkanes) is 1. The third-order valence-corrected chi connectivity index (χ3v) is 3.41. The van der Waals surface area contributed by atoms with E-state index in [1.807, 2.05) is 24.2 Å². The number of amidine groups is 1. The third-order valence-electron chi connectivity index (χ3n) is 3.41. The zero-order valence-electron chi connectivity index (χ0n) is 14.4. The smallest absolute Gasteiger partial charge is 0.323 e. The van der Waals surface area contributed by atoms with E-state index < -0.39 is 12.0 Å². The number of rotatable bonds is 12. The van der Waals surface area contributed by atoms with Crippen molar-refractivity contribution < 1.29 is 19.5 Å². The van der Waals surface area contributed by atoms with Gasteiger partial charge in [-0.15, -0.1) is 0 Å². The van der Waals surface area contributed by atoms with E-state index in [0.717, 1.165) is 19.5 Å². The number of likely N-dealkylation sites (N-methyl/N-ethyl adjacent to an activating group) is 1. The van der Waals surface area contributed by atoms with Crippen molar-refractivity contribution in [1.29, 1.82) is 0 Å². The molecule has 1 atom stereocenters. The summed E-state index contributed by atoms with van der Waals surface area (Å²) in [5.74, 6) is -0.231. The van der Waals surface area contributed by atoms with E-state index >= 15 is 0 Å². The molecule has 8 heteroatoms. The van der Waals surface area contributed by atoms with Crippen molar-refractivity contribution in [3.8, 4) is 0 Å². The van der Waals surface area contributed by atoms with Crippen molar-refractivity contribution >= 4 is 17.6 Å². The van der Waals surface area contributed by atoms with Gasteiger partial charge < -0.3 is 10.5 Å². The van der Waals surface area contributed by atoms with Crippen LogP contribution in [-0.4, -0.2) is 66.5 Å². The van der Waals surface area contributed by atoms with Crippen molar-refractivity contribution in [2.75, 3.05) is 32.8 Å². The summed E-state index contributed by atoms with van der Waals surface area (Å²) in [6, 6.07) is -0.725. The van der Waals surface area contributed by atoms with Gasteiger partial charge in [-0.25, -0.2) is 0 Å². The first-order valence-electron chi connectivity index (χ1n) is 8.01. The molecule has 4 N–H and O–H groups in total. The predicted molar refractivity (Wildman–Crippen MR) is 88.5 cm³/mol. The number of carbonyl (C=O) groups excluding carboxylic acids is 2. The Bertz CT molecular complexity index is 384. The van der Waals surface area contributed by atoms with Gasteiger partial charge in [0.1, 0.15) is 11.9 Å². The monoisotopic (exact) mass is 330 g/mol. The minimum Gasteiger partial charge on any atom is -0.456 e. The van der Waals surface area contributed by atoms with Crippen LogP contribution in [0.5, 0.6) is 0 Å². The molecule has 23 heavy (non-hydrogen) atoms. The third kappa shape index (κ3) is 10.8. The highest BCUT2D eigenvalue weighted by molar-refractivity contribution is 5.85. The molecule has 0 aliphatic heterocycles. The largest absolute Gasteiger partial charge is 0.456 e. The van der Waals surface area contributed by atoms with Crippen molar-refractivity contribution in [3.63, 3.8) is 0 Å². The topological polar surface area (TPSA) is 117 Å². The molecule has 0 saturated carbocycles. The van der Waals surface area contributed by atoms with Crippen LogP contribution in [0.1, 0.15) is 40.0 Å². The number of nitrogens with one attached hydrogen (secondary N) is 1. The Morgan fingerprint density at radius 3 is 2.52 bits per heavy atom. The zero-order chi connectivity index (χ0) is 17.7. The second-order valence-electron chi connectivity index (χ2n) is 5.29. The van der Waals surface area contributed by atoms with E-state index in [2.05, 4.69) is 4.99 Å². The number of aliphatic imine (C=N–C) groups is 1. The molecule has 0 saturated heterocycles. The first kappa shape index (κ1) is 21.5. The second-order valence-corrected chi connectivity index (χ2v) is 5.29. The lowest BCUT2D eigenvalue weighted by Gasteiger charge is -2.17. The standard InChI is InChI=1S/C15H30N4O4/c1-4-19(5-2)10-13(20)11-23-15(21)14(16)8-6-7-9-17-12(3)18-22/h14,22H,4-11,16H2,1-3H3,(H,17,18)/t14-/m0/s1. The first-order valence-corrected chi connectivity index (χ1v) is 8.01.